The molecular formula is C8H14N4OS. The highest BCUT2D eigenvalue weighted by Gasteiger charge is 1.96. The van der Waals surface area contributed by atoms with Gasteiger partial charge in [0.1, 0.15) is 5.82 Å². The number of nitrogens with one attached hydrogen (secondary N) is 2. The fourth-order valence-corrected chi connectivity index (χ4v) is 1.29. The monoisotopic (exact) mass is 214 g/mol. The topological polar surface area (TPSA) is 66.9 Å². The second kappa shape index (κ2) is 5.54. The van der Waals surface area contributed by atoms with E-state index in [9.17, 15) is 4.21 Å². The zero-order chi connectivity index (χ0) is 10.4. The van der Waals surface area contributed by atoms with Crippen molar-refractivity contribution >= 4 is 22.6 Å². The molecule has 0 fully saturated rings. The van der Waals surface area contributed by atoms with Gasteiger partial charge in [-0.15, -0.1) is 0 Å². The van der Waals surface area contributed by atoms with Gasteiger partial charge < -0.3 is 10.6 Å². The van der Waals surface area contributed by atoms with Gasteiger partial charge in [-0.3, -0.25) is 4.21 Å². The molecule has 1 rings (SSSR count). The van der Waals surface area contributed by atoms with Crippen LogP contribution in [0.15, 0.2) is 12.3 Å². The fraction of sp³-hybridized carbons (Fsp3) is 0.500. The van der Waals surface area contributed by atoms with Crippen molar-refractivity contribution in [2.45, 2.75) is 0 Å². The van der Waals surface area contributed by atoms with E-state index in [2.05, 4.69) is 20.6 Å². The summed E-state index contributed by atoms with van der Waals surface area (Å²) in [6.07, 6.45) is 3.35. The molecule has 0 aliphatic rings. The first-order valence-electron chi connectivity index (χ1n) is 4.27. The van der Waals surface area contributed by atoms with Crippen molar-refractivity contribution in [2.24, 2.45) is 0 Å². The van der Waals surface area contributed by atoms with Crippen molar-refractivity contribution in [2.75, 3.05) is 36.2 Å². The van der Waals surface area contributed by atoms with Crippen molar-refractivity contribution in [1.29, 1.82) is 0 Å². The second-order valence-corrected chi connectivity index (χ2v) is 4.27. The summed E-state index contributed by atoms with van der Waals surface area (Å²) in [5.41, 5.74) is 0. The van der Waals surface area contributed by atoms with E-state index in [1.807, 2.05) is 0 Å². The Morgan fingerprint density at radius 3 is 3.00 bits per heavy atom. The predicted octanol–water partition coefficient (Wildman–Crippen LogP) is 0.309. The minimum atomic E-state index is -0.768. The van der Waals surface area contributed by atoms with Gasteiger partial charge in [-0.1, -0.05) is 0 Å². The van der Waals surface area contributed by atoms with Crippen molar-refractivity contribution in [3.05, 3.63) is 12.3 Å². The van der Waals surface area contributed by atoms with Crippen LogP contribution in [0.2, 0.25) is 0 Å². The number of hydrogen-bond acceptors (Lipinski definition) is 5. The van der Waals surface area contributed by atoms with E-state index < -0.39 is 10.8 Å². The minimum Gasteiger partial charge on any atom is -0.369 e. The number of hydrogen-bond donors (Lipinski definition) is 2. The molecule has 14 heavy (non-hydrogen) atoms. The van der Waals surface area contributed by atoms with E-state index in [-0.39, 0.29) is 0 Å². The lowest BCUT2D eigenvalue weighted by Gasteiger charge is -2.04. The lowest BCUT2D eigenvalue weighted by atomic mass is 10.5. The van der Waals surface area contributed by atoms with Gasteiger partial charge in [0.05, 0.1) is 0 Å². The number of aromatic nitrogens is 2. The third-order valence-electron chi connectivity index (χ3n) is 1.57. The van der Waals surface area contributed by atoms with Crippen LogP contribution in [0, 0.1) is 0 Å². The summed E-state index contributed by atoms with van der Waals surface area (Å²) in [6.45, 7) is 0.656. The van der Waals surface area contributed by atoms with Gasteiger partial charge >= 0.3 is 0 Å². The lowest BCUT2D eigenvalue weighted by Crippen LogP contribution is -2.11. The van der Waals surface area contributed by atoms with Gasteiger partial charge in [-0.25, -0.2) is 4.98 Å². The summed E-state index contributed by atoms with van der Waals surface area (Å²) in [5.74, 6) is 1.95. The summed E-state index contributed by atoms with van der Waals surface area (Å²) in [5, 5.41) is 5.91. The molecule has 0 bridgehead atoms. The molecule has 5 nitrogen and oxygen atoms in total. The zero-order valence-corrected chi connectivity index (χ0v) is 9.10. The van der Waals surface area contributed by atoms with E-state index in [0.717, 1.165) is 5.82 Å². The van der Waals surface area contributed by atoms with Crippen LogP contribution in [-0.2, 0) is 10.8 Å². The third kappa shape index (κ3) is 3.69. The fourth-order valence-electron chi connectivity index (χ4n) is 0.900. The average molecular weight is 214 g/mol. The Kier molecular flexibility index (Phi) is 4.31. The van der Waals surface area contributed by atoms with Crippen LogP contribution in [0.4, 0.5) is 11.8 Å². The van der Waals surface area contributed by atoms with Gasteiger partial charge in [0.15, 0.2) is 0 Å². The Morgan fingerprint density at radius 2 is 2.36 bits per heavy atom. The SMILES string of the molecule is CNc1nccc(NCCS(C)=O)n1. The molecule has 0 spiro atoms. The predicted molar refractivity (Wildman–Crippen MR) is 59.0 cm³/mol. The van der Waals surface area contributed by atoms with E-state index >= 15 is 0 Å². The van der Waals surface area contributed by atoms with Crippen molar-refractivity contribution in [1.82, 2.24) is 9.97 Å². The third-order valence-corrected chi connectivity index (χ3v) is 2.35. The van der Waals surface area contributed by atoms with Crippen LogP contribution >= 0.6 is 0 Å². The number of anilines is 2. The molecule has 0 saturated carbocycles. The van der Waals surface area contributed by atoms with Gasteiger partial charge in [0.2, 0.25) is 5.95 Å². The first-order valence-corrected chi connectivity index (χ1v) is 6.00. The second-order valence-electron chi connectivity index (χ2n) is 2.72. The summed E-state index contributed by atoms with van der Waals surface area (Å²) in [7, 11) is 0.996. The van der Waals surface area contributed by atoms with Crippen LogP contribution in [0.25, 0.3) is 0 Å². The molecular weight excluding hydrogens is 200 g/mol. The van der Waals surface area contributed by atoms with Crippen molar-refractivity contribution in [3.8, 4) is 0 Å². The maximum atomic E-state index is 10.8. The largest absolute Gasteiger partial charge is 0.369 e. The first-order chi connectivity index (χ1) is 6.72. The highest BCUT2D eigenvalue weighted by atomic mass is 32.2. The Bertz CT molecular complexity index is 318. The molecule has 1 heterocycles. The van der Waals surface area contributed by atoms with E-state index in [4.69, 9.17) is 0 Å². The summed E-state index contributed by atoms with van der Waals surface area (Å²) in [4.78, 5) is 8.13. The molecule has 0 aromatic carbocycles. The van der Waals surface area contributed by atoms with Gasteiger partial charge in [-0.05, 0) is 6.07 Å². The van der Waals surface area contributed by atoms with Crippen molar-refractivity contribution in [3.63, 3.8) is 0 Å². The van der Waals surface area contributed by atoms with Crippen LogP contribution in [-0.4, -0.2) is 39.8 Å². The van der Waals surface area contributed by atoms with Crippen LogP contribution < -0.4 is 10.6 Å². The minimum absolute atomic E-state index is 0.577. The Labute approximate surface area is 85.8 Å². The van der Waals surface area contributed by atoms with Gasteiger partial charge in [0, 0.05) is 42.6 Å². The molecule has 0 amide bonds. The number of rotatable bonds is 5. The Hall–Kier alpha value is -1.17. The molecule has 0 aliphatic carbocycles. The average Bonchev–Trinajstić information content (AvgIpc) is 2.18. The highest BCUT2D eigenvalue weighted by Crippen LogP contribution is 2.03. The molecule has 1 aromatic rings. The quantitative estimate of drug-likeness (QED) is 0.738. The normalized spacial score (nSPS) is 12.1. The molecule has 2 N–H and O–H groups in total. The molecule has 0 saturated heterocycles. The maximum absolute atomic E-state index is 10.8. The molecule has 0 aliphatic heterocycles. The summed E-state index contributed by atoms with van der Waals surface area (Å²) in [6, 6.07) is 1.78. The molecule has 1 atom stereocenters. The van der Waals surface area contributed by atoms with Crippen molar-refractivity contribution < 1.29 is 4.21 Å². The molecule has 1 unspecified atom stereocenters. The smallest absolute Gasteiger partial charge is 0.224 e. The summed E-state index contributed by atoms with van der Waals surface area (Å²) < 4.78 is 10.8. The van der Waals surface area contributed by atoms with Crippen LogP contribution in [0.3, 0.4) is 0 Å². The van der Waals surface area contributed by atoms with Gasteiger partial charge in [-0.2, -0.15) is 4.98 Å². The molecule has 0 radical (unpaired) electrons. The highest BCUT2D eigenvalue weighted by molar-refractivity contribution is 7.84. The lowest BCUT2D eigenvalue weighted by molar-refractivity contribution is 0.687. The zero-order valence-electron chi connectivity index (χ0n) is 8.28. The Morgan fingerprint density at radius 1 is 1.57 bits per heavy atom. The number of nitrogens with zero attached hydrogens (tertiary/aromatic N) is 2. The standard InChI is InChI=1S/C8H14N4OS/c1-9-8-11-4-3-7(12-8)10-5-6-14(2)13/h3-4H,5-6H2,1-2H3,(H2,9,10,11,12). The first kappa shape index (κ1) is 10.9. The maximum Gasteiger partial charge on any atom is 0.224 e. The molecule has 6 heteroatoms. The van der Waals surface area contributed by atoms with Crippen LogP contribution in [0.1, 0.15) is 0 Å². The van der Waals surface area contributed by atoms with E-state index in [1.54, 1.807) is 25.6 Å². The molecule has 78 valence electrons. The van der Waals surface area contributed by atoms with Crippen LogP contribution in [0.5, 0.6) is 0 Å². The van der Waals surface area contributed by atoms with Gasteiger partial charge in [0.25, 0.3) is 0 Å². The van der Waals surface area contributed by atoms with E-state index in [0.29, 0.717) is 18.2 Å². The Balaban J connectivity index is 2.46. The van der Waals surface area contributed by atoms with E-state index in [1.165, 1.54) is 0 Å². The molecule has 1 aromatic heterocycles. The summed E-state index contributed by atoms with van der Waals surface area (Å²) >= 11 is 0.